The molecule has 1 aliphatic rings. The van der Waals surface area contributed by atoms with E-state index in [9.17, 15) is 9.90 Å². The fraction of sp³-hybridized carbons (Fsp3) is 0.632. The van der Waals surface area contributed by atoms with E-state index in [1.54, 1.807) is 6.92 Å². The molecule has 0 saturated carbocycles. The Morgan fingerprint density at radius 2 is 1.78 bits per heavy atom. The molecule has 1 saturated heterocycles. The lowest BCUT2D eigenvalue weighted by molar-refractivity contribution is -0.119. The van der Waals surface area contributed by atoms with Gasteiger partial charge in [-0.25, -0.2) is 0 Å². The predicted molar refractivity (Wildman–Crippen MR) is 93.2 cm³/mol. The first kappa shape index (κ1) is 18.0. The Balaban J connectivity index is 1.77. The van der Waals surface area contributed by atoms with Crippen LogP contribution in [0, 0.1) is 0 Å². The molecule has 0 aromatic heterocycles. The zero-order chi connectivity index (χ0) is 16.9. The summed E-state index contributed by atoms with van der Waals surface area (Å²) in [5.74, 6) is 0.0742. The van der Waals surface area contributed by atoms with E-state index in [-0.39, 0.29) is 5.91 Å². The van der Waals surface area contributed by atoms with Gasteiger partial charge in [0.05, 0.1) is 5.60 Å². The Morgan fingerprint density at radius 1 is 1.22 bits per heavy atom. The van der Waals surface area contributed by atoms with E-state index in [1.165, 1.54) is 11.1 Å². The van der Waals surface area contributed by atoms with Crippen LogP contribution in [0.2, 0.25) is 0 Å². The molecule has 0 aliphatic carbocycles. The van der Waals surface area contributed by atoms with Crippen LogP contribution in [0.5, 0.6) is 0 Å². The van der Waals surface area contributed by atoms with Crippen LogP contribution < -0.4 is 5.32 Å². The smallest absolute Gasteiger partial charge is 0.217 e. The molecule has 4 heteroatoms. The molecule has 1 amide bonds. The lowest BCUT2D eigenvalue weighted by Gasteiger charge is -2.32. The normalized spacial score (nSPS) is 17.2. The van der Waals surface area contributed by atoms with Crippen molar-refractivity contribution >= 4 is 5.91 Å². The molecule has 1 aromatic rings. The number of carbonyl (C=O) groups is 1. The molecule has 0 unspecified atom stereocenters. The van der Waals surface area contributed by atoms with Gasteiger partial charge in [-0.05, 0) is 50.7 Å². The Bertz CT molecular complexity index is 497. The number of nitrogens with zero attached hydrogens (tertiary/aromatic N) is 1. The summed E-state index contributed by atoms with van der Waals surface area (Å²) in [5, 5.41) is 12.8. The lowest BCUT2D eigenvalue weighted by Crippen LogP contribution is -2.43. The van der Waals surface area contributed by atoms with Crippen LogP contribution in [-0.4, -0.2) is 40.6 Å². The summed E-state index contributed by atoms with van der Waals surface area (Å²) in [4.78, 5) is 13.5. The first-order valence-electron chi connectivity index (χ1n) is 8.61. The fourth-order valence-electron chi connectivity index (χ4n) is 3.04. The summed E-state index contributed by atoms with van der Waals surface area (Å²) in [6.07, 6.45) is 3.75. The van der Waals surface area contributed by atoms with E-state index in [2.05, 4.69) is 34.5 Å². The molecule has 2 N–H and O–H groups in total. The largest absolute Gasteiger partial charge is 0.390 e. The average molecular weight is 318 g/mol. The van der Waals surface area contributed by atoms with E-state index >= 15 is 0 Å². The Kier molecular flexibility index (Phi) is 6.19. The lowest BCUT2D eigenvalue weighted by atomic mass is 9.98. The van der Waals surface area contributed by atoms with E-state index in [1.807, 2.05) is 13.8 Å². The van der Waals surface area contributed by atoms with Crippen molar-refractivity contribution in [3.63, 3.8) is 0 Å². The highest BCUT2D eigenvalue weighted by Crippen LogP contribution is 2.16. The van der Waals surface area contributed by atoms with Crippen LogP contribution in [-0.2, 0) is 17.8 Å². The molecule has 1 aromatic carbocycles. The second-order valence-electron chi connectivity index (χ2n) is 7.38. The summed E-state index contributed by atoms with van der Waals surface area (Å²) in [6, 6.07) is 9.07. The number of carbonyl (C=O) groups excluding carboxylic acids is 1. The number of benzene rings is 1. The minimum absolute atomic E-state index is 0.0742. The van der Waals surface area contributed by atoms with Crippen LogP contribution in [0.25, 0.3) is 0 Å². The van der Waals surface area contributed by atoms with Gasteiger partial charge in [0.2, 0.25) is 5.91 Å². The summed E-state index contributed by atoms with van der Waals surface area (Å²) in [6.45, 7) is 8.33. The molecule has 0 atom stereocenters. The average Bonchev–Trinajstić information content (AvgIpc) is 2.47. The number of hydrogen-bond acceptors (Lipinski definition) is 3. The minimum Gasteiger partial charge on any atom is -0.390 e. The van der Waals surface area contributed by atoms with Crippen molar-refractivity contribution in [3.05, 3.63) is 35.4 Å². The Labute approximate surface area is 139 Å². The highest BCUT2D eigenvalue weighted by molar-refractivity contribution is 5.73. The molecule has 2 rings (SSSR count). The number of hydrogen-bond donors (Lipinski definition) is 2. The first-order valence-corrected chi connectivity index (χ1v) is 8.61. The third-order valence-corrected chi connectivity index (χ3v) is 4.45. The van der Waals surface area contributed by atoms with Crippen molar-refractivity contribution in [1.29, 1.82) is 0 Å². The molecular weight excluding hydrogens is 288 g/mol. The van der Waals surface area contributed by atoms with E-state index < -0.39 is 5.60 Å². The molecule has 0 spiro atoms. The monoisotopic (exact) mass is 318 g/mol. The molecule has 128 valence electrons. The number of amides is 1. The van der Waals surface area contributed by atoms with Crippen LogP contribution >= 0.6 is 0 Å². The maximum atomic E-state index is 11.1. The van der Waals surface area contributed by atoms with Gasteiger partial charge in [0.1, 0.15) is 0 Å². The van der Waals surface area contributed by atoms with Crippen molar-refractivity contribution in [2.45, 2.75) is 64.6 Å². The second kappa shape index (κ2) is 7.93. The Morgan fingerprint density at radius 3 is 2.30 bits per heavy atom. The van der Waals surface area contributed by atoms with Gasteiger partial charge in [0.15, 0.2) is 0 Å². The van der Waals surface area contributed by atoms with E-state index in [0.717, 1.165) is 45.3 Å². The molecule has 1 fully saturated rings. The third kappa shape index (κ3) is 6.71. The summed E-state index contributed by atoms with van der Waals surface area (Å²) in [7, 11) is 0. The molecule has 0 radical (unpaired) electrons. The topological polar surface area (TPSA) is 52.6 Å². The number of likely N-dealkylation sites (tertiary alicyclic amines) is 1. The van der Waals surface area contributed by atoms with Gasteiger partial charge < -0.3 is 10.4 Å². The number of aliphatic hydroxyl groups is 1. The quantitative estimate of drug-likeness (QED) is 0.847. The Hall–Kier alpha value is -1.39. The second-order valence-corrected chi connectivity index (χ2v) is 7.38. The van der Waals surface area contributed by atoms with Gasteiger partial charge in [-0.2, -0.15) is 0 Å². The predicted octanol–water partition coefficient (Wildman–Crippen LogP) is 2.49. The highest BCUT2D eigenvalue weighted by atomic mass is 16.3. The van der Waals surface area contributed by atoms with Gasteiger partial charge >= 0.3 is 0 Å². The van der Waals surface area contributed by atoms with Crippen molar-refractivity contribution in [2.75, 3.05) is 13.1 Å². The first-order chi connectivity index (χ1) is 10.8. The van der Waals surface area contributed by atoms with Crippen LogP contribution in [0.4, 0.5) is 0 Å². The number of nitrogens with one attached hydrogen (secondary N) is 1. The van der Waals surface area contributed by atoms with Gasteiger partial charge in [-0.3, -0.25) is 9.69 Å². The van der Waals surface area contributed by atoms with Crippen LogP contribution in [0.3, 0.4) is 0 Å². The molecule has 0 bridgehead atoms. The van der Waals surface area contributed by atoms with Crippen LogP contribution in [0.15, 0.2) is 24.3 Å². The van der Waals surface area contributed by atoms with E-state index in [0.29, 0.717) is 6.04 Å². The number of piperidine rings is 1. The highest BCUT2D eigenvalue weighted by Gasteiger charge is 2.19. The van der Waals surface area contributed by atoms with Crippen molar-refractivity contribution < 1.29 is 9.90 Å². The van der Waals surface area contributed by atoms with Crippen molar-refractivity contribution in [3.8, 4) is 0 Å². The fourth-order valence-corrected chi connectivity index (χ4v) is 3.04. The maximum absolute atomic E-state index is 11.1. The summed E-state index contributed by atoms with van der Waals surface area (Å²) >= 11 is 0. The molecule has 4 nitrogen and oxygen atoms in total. The SMILES string of the molecule is CC(=O)NC1CCN(Cc2ccc(CCC(C)(C)O)cc2)CC1. The van der Waals surface area contributed by atoms with Crippen molar-refractivity contribution in [2.24, 2.45) is 0 Å². The standard InChI is InChI=1S/C19H30N2O2/c1-15(22)20-18-9-12-21(13-10-18)14-17-6-4-16(5-7-17)8-11-19(2,3)23/h4-7,18,23H,8-14H2,1-3H3,(H,20,22). The zero-order valence-corrected chi connectivity index (χ0v) is 14.6. The molecular formula is C19H30N2O2. The van der Waals surface area contributed by atoms with Gasteiger partial charge in [-0.1, -0.05) is 24.3 Å². The van der Waals surface area contributed by atoms with Crippen molar-refractivity contribution in [1.82, 2.24) is 10.2 Å². The zero-order valence-electron chi connectivity index (χ0n) is 14.6. The van der Waals surface area contributed by atoms with Gasteiger partial charge in [-0.15, -0.1) is 0 Å². The molecule has 1 aliphatic heterocycles. The minimum atomic E-state index is -0.600. The van der Waals surface area contributed by atoms with Crippen LogP contribution in [0.1, 0.15) is 51.2 Å². The van der Waals surface area contributed by atoms with E-state index in [4.69, 9.17) is 0 Å². The number of rotatable bonds is 6. The maximum Gasteiger partial charge on any atom is 0.217 e. The van der Waals surface area contributed by atoms with Gasteiger partial charge in [0.25, 0.3) is 0 Å². The summed E-state index contributed by atoms with van der Waals surface area (Å²) in [5.41, 5.74) is 2.01. The molecule has 1 heterocycles. The summed E-state index contributed by atoms with van der Waals surface area (Å²) < 4.78 is 0. The van der Waals surface area contributed by atoms with Gasteiger partial charge in [0, 0.05) is 32.6 Å². The third-order valence-electron chi connectivity index (χ3n) is 4.45. The molecule has 23 heavy (non-hydrogen) atoms. The number of aryl methyl sites for hydroxylation is 1.